The van der Waals surface area contributed by atoms with Crippen LogP contribution in [0.1, 0.15) is 0 Å². The van der Waals surface area contributed by atoms with Crippen molar-refractivity contribution in [3.8, 4) is 5.06 Å². The summed E-state index contributed by atoms with van der Waals surface area (Å²) in [4.78, 5) is 0. The second kappa shape index (κ2) is 4.79. The van der Waals surface area contributed by atoms with Gasteiger partial charge in [0.25, 0.3) is 0 Å². The molecule has 0 amide bonds. The van der Waals surface area contributed by atoms with Crippen molar-refractivity contribution >= 4 is 11.3 Å². The molecule has 1 aromatic heterocycles. The maximum atomic E-state index is 5.29. The molecule has 0 spiro atoms. The smallest absolute Gasteiger partial charge is 0.173 e. The average molecular weight is 170 g/mol. The molecule has 0 aliphatic carbocycles. The fourth-order valence-corrected chi connectivity index (χ4v) is 1.22. The molecular weight excluding hydrogens is 160 g/mol. The Hall–Kier alpha value is -0.960. The van der Waals surface area contributed by atoms with Crippen LogP contribution in [0.25, 0.3) is 0 Å². The molecule has 0 bridgehead atoms. The van der Waals surface area contributed by atoms with E-state index in [1.165, 1.54) is 6.26 Å². The third-order valence-corrected chi connectivity index (χ3v) is 1.84. The van der Waals surface area contributed by atoms with Gasteiger partial charge in [0, 0.05) is 0 Å². The van der Waals surface area contributed by atoms with Gasteiger partial charge in [0.15, 0.2) is 5.06 Å². The molecule has 0 saturated heterocycles. The number of thiophene rings is 1. The Morgan fingerprint density at radius 3 is 3.09 bits per heavy atom. The minimum absolute atomic E-state index is 0.557. The lowest BCUT2D eigenvalue weighted by Crippen LogP contribution is -2.02. The lowest BCUT2D eigenvalue weighted by atomic mass is 10.6. The third-order valence-electron chi connectivity index (χ3n) is 1.06. The summed E-state index contributed by atoms with van der Waals surface area (Å²) in [6.45, 7) is 4.55. The van der Waals surface area contributed by atoms with E-state index in [9.17, 15) is 0 Å². The van der Waals surface area contributed by atoms with Crippen molar-refractivity contribution in [3.05, 3.63) is 30.4 Å². The van der Waals surface area contributed by atoms with Crippen LogP contribution in [-0.2, 0) is 4.74 Å². The highest BCUT2D eigenvalue weighted by Crippen LogP contribution is 2.17. The van der Waals surface area contributed by atoms with Crippen LogP contribution in [-0.4, -0.2) is 13.2 Å². The molecule has 2 nitrogen and oxygen atoms in total. The number of rotatable bonds is 5. The number of hydrogen-bond donors (Lipinski definition) is 0. The maximum absolute atomic E-state index is 5.29. The Morgan fingerprint density at radius 1 is 1.55 bits per heavy atom. The predicted octanol–water partition coefficient (Wildman–Crippen LogP) is 2.29. The molecule has 0 N–H and O–H groups in total. The SMILES string of the molecule is C=COCCOc1cccs1. The number of hydrogen-bond acceptors (Lipinski definition) is 3. The lowest BCUT2D eigenvalue weighted by Gasteiger charge is -2.01. The first-order valence-corrected chi connectivity index (χ1v) is 4.20. The molecule has 11 heavy (non-hydrogen) atoms. The van der Waals surface area contributed by atoms with Crippen molar-refractivity contribution in [3.63, 3.8) is 0 Å². The molecule has 1 heterocycles. The van der Waals surface area contributed by atoms with Crippen molar-refractivity contribution in [1.82, 2.24) is 0 Å². The summed E-state index contributed by atoms with van der Waals surface area (Å²) in [7, 11) is 0. The molecule has 1 rings (SSSR count). The zero-order valence-electron chi connectivity index (χ0n) is 6.16. The Morgan fingerprint density at radius 2 is 2.45 bits per heavy atom. The Kier molecular flexibility index (Phi) is 3.55. The van der Waals surface area contributed by atoms with Gasteiger partial charge in [-0.25, -0.2) is 0 Å². The number of ether oxygens (including phenoxy) is 2. The summed E-state index contributed by atoms with van der Waals surface area (Å²) < 4.78 is 10.2. The minimum atomic E-state index is 0.557. The van der Waals surface area contributed by atoms with Crippen molar-refractivity contribution in [2.75, 3.05) is 13.2 Å². The van der Waals surface area contributed by atoms with Gasteiger partial charge in [0.1, 0.15) is 13.2 Å². The second-order valence-corrected chi connectivity index (χ2v) is 2.73. The van der Waals surface area contributed by atoms with Crippen LogP contribution >= 0.6 is 11.3 Å². The Bertz CT molecular complexity index is 194. The van der Waals surface area contributed by atoms with E-state index in [-0.39, 0.29) is 0 Å². The average Bonchev–Trinajstić information content (AvgIpc) is 2.50. The monoisotopic (exact) mass is 170 g/mol. The van der Waals surface area contributed by atoms with E-state index in [1.54, 1.807) is 11.3 Å². The fourth-order valence-electron chi connectivity index (χ4n) is 0.619. The minimum Gasteiger partial charge on any atom is -0.498 e. The second-order valence-electron chi connectivity index (χ2n) is 1.82. The summed E-state index contributed by atoms with van der Waals surface area (Å²) in [5.74, 6) is 0. The van der Waals surface area contributed by atoms with Crippen LogP contribution in [0.3, 0.4) is 0 Å². The van der Waals surface area contributed by atoms with Gasteiger partial charge in [-0.1, -0.05) is 6.58 Å². The van der Waals surface area contributed by atoms with Gasteiger partial charge in [-0.3, -0.25) is 0 Å². The summed E-state index contributed by atoms with van der Waals surface area (Å²) in [5, 5.41) is 2.90. The van der Waals surface area contributed by atoms with Crippen molar-refractivity contribution in [2.45, 2.75) is 0 Å². The molecule has 3 heteroatoms. The highest BCUT2D eigenvalue weighted by molar-refractivity contribution is 7.11. The van der Waals surface area contributed by atoms with E-state index >= 15 is 0 Å². The van der Waals surface area contributed by atoms with Gasteiger partial charge >= 0.3 is 0 Å². The zero-order valence-corrected chi connectivity index (χ0v) is 6.97. The van der Waals surface area contributed by atoms with Gasteiger partial charge in [-0.05, 0) is 17.5 Å². The molecule has 0 fully saturated rings. The highest BCUT2D eigenvalue weighted by Gasteiger charge is 1.91. The first-order chi connectivity index (χ1) is 5.43. The summed E-state index contributed by atoms with van der Waals surface area (Å²) >= 11 is 1.58. The molecule has 1 aromatic rings. The van der Waals surface area contributed by atoms with Crippen molar-refractivity contribution in [2.24, 2.45) is 0 Å². The molecule has 0 aromatic carbocycles. The van der Waals surface area contributed by atoms with Crippen LogP contribution in [0.2, 0.25) is 0 Å². The summed E-state index contributed by atoms with van der Waals surface area (Å²) in [6.07, 6.45) is 1.41. The standard InChI is InChI=1S/C8H10O2S/c1-2-9-5-6-10-8-4-3-7-11-8/h2-4,7H,1,5-6H2. The summed E-state index contributed by atoms with van der Waals surface area (Å²) in [6, 6.07) is 3.88. The first-order valence-electron chi connectivity index (χ1n) is 3.32. The fraction of sp³-hybridized carbons (Fsp3) is 0.250. The van der Waals surface area contributed by atoms with Gasteiger partial charge in [0.05, 0.1) is 6.26 Å². The van der Waals surface area contributed by atoms with E-state index in [0.29, 0.717) is 13.2 Å². The van der Waals surface area contributed by atoms with E-state index in [2.05, 4.69) is 6.58 Å². The third kappa shape index (κ3) is 3.09. The van der Waals surface area contributed by atoms with Crippen LogP contribution in [0.4, 0.5) is 0 Å². The normalized spacial score (nSPS) is 9.09. The molecular formula is C8H10O2S. The van der Waals surface area contributed by atoms with Gasteiger partial charge in [-0.2, -0.15) is 0 Å². The first kappa shape index (κ1) is 8.14. The summed E-state index contributed by atoms with van der Waals surface area (Å²) in [5.41, 5.74) is 0. The molecule has 0 saturated carbocycles. The predicted molar refractivity (Wildman–Crippen MR) is 46.0 cm³/mol. The van der Waals surface area contributed by atoms with E-state index in [1.807, 2.05) is 17.5 Å². The van der Waals surface area contributed by atoms with Crippen LogP contribution in [0.5, 0.6) is 5.06 Å². The highest BCUT2D eigenvalue weighted by atomic mass is 32.1. The lowest BCUT2D eigenvalue weighted by molar-refractivity contribution is 0.182. The van der Waals surface area contributed by atoms with E-state index in [0.717, 1.165) is 5.06 Å². The Balaban J connectivity index is 2.09. The molecule has 0 aliphatic heterocycles. The van der Waals surface area contributed by atoms with Crippen LogP contribution < -0.4 is 4.74 Å². The quantitative estimate of drug-likeness (QED) is 0.498. The zero-order chi connectivity index (χ0) is 7.94. The molecule has 0 unspecified atom stereocenters. The van der Waals surface area contributed by atoms with Gasteiger partial charge in [-0.15, -0.1) is 11.3 Å². The van der Waals surface area contributed by atoms with Crippen LogP contribution in [0, 0.1) is 0 Å². The Labute approximate surface area is 70.1 Å². The van der Waals surface area contributed by atoms with Crippen LogP contribution in [0.15, 0.2) is 30.4 Å². The van der Waals surface area contributed by atoms with Crippen molar-refractivity contribution in [1.29, 1.82) is 0 Å². The van der Waals surface area contributed by atoms with Crippen molar-refractivity contribution < 1.29 is 9.47 Å². The molecule has 0 radical (unpaired) electrons. The topological polar surface area (TPSA) is 18.5 Å². The maximum Gasteiger partial charge on any atom is 0.173 e. The molecule has 0 aliphatic rings. The molecule has 0 atom stereocenters. The molecule has 60 valence electrons. The van der Waals surface area contributed by atoms with E-state index < -0.39 is 0 Å². The van der Waals surface area contributed by atoms with Gasteiger partial charge < -0.3 is 9.47 Å². The van der Waals surface area contributed by atoms with E-state index in [4.69, 9.17) is 9.47 Å². The van der Waals surface area contributed by atoms with Gasteiger partial charge in [0.2, 0.25) is 0 Å². The largest absolute Gasteiger partial charge is 0.498 e.